The number of nitro groups is 1. The Labute approximate surface area is 128 Å². The van der Waals surface area contributed by atoms with E-state index in [-0.39, 0.29) is 5.69 Å². The Bertz CT molecular complexity index is 501. The predicted molar refractivity (Wildman–Crippen MR) is 88.0 cm³/mol. The van der Waals surface area contributed by atoms with Crippen molar-refractivity contribution in [2.45, 2.75) is 13.8 Å². The van der Waals surface area contributed by atoms with Gasteiger partial charge in [0.1, 0.15) is 0 Å². The molecule has 0 bridgehead atoms. The van der Waals surface area contributed by atoms with Crippen LogP contribution in [-0.2, 0) is 0 Å². The van der Waals surface area contributed by atoms with Crippen molar-refractivity contribution < 1.29 is 4.92 Å². The average Bonchev–Trinajstić information content (AvgIpc) is 2.40. The highest BCUT2D eigenvalue weighted by Crippen LogP contribution is 2.15. The third-order valence-corrected chi connectivity index (χ3v) is 3.17. The minimum atomic E-state index is -0.449. The fraction of sp³-hybridized carbons (Fsp3) is 0.333. The monoisotopic (exact) mass is 312 g/mol. The summed E-state index contributed by atoms with van der Waals surface area (Å²) >= 11 is 10.4. The second-order valence-electron chi connectivity index (χ2n) is 3.86. The smallest absolute Gasteiger partial charge is 0.269 e. The van der Waals surface area contributed by atoms with Gasteiger partial charge in [-0.25, -0.2) is 0 Å². The molecule has 0 aliphatic heterocycles. The van der Waals surface area contributed by atoms with Crippen molar-refractivity contribution >= 4 is 46.0 Å². The number of nitro benzene ring substituents is 1. The molecule has 6 nitrogen and oxygen atoms in total. The first-order valence-corrected chi connectivity index (χ1v) is 6.91. The molecular weight excluding hydrogens is 296 g/mol. The lowest BCUT2D eigenvalue weighted by Gasteiger charge is -2.22. The lowest BCUT2D eigenvalue weighted by molar-refractivity contribution is -0.384. The topological polar surface area (TPSA) is 70.4 Å². The maximum atomic E-state index is 10.5. The molecule has 0 amide bonds. The van der Waals surface area contributed by atoms with E-state index in [1.54, 1.807) is 12.1 Å². The number of hydrogen-bond donors (Lipinski definition) is 2. The predicted octanol–water partition coefficient (Wildman–Crippen LogP) is 2.51. The molecule has 0 aliphatic carbocycles. The third-order valence-electron chi connectivity index (χ3n) is 2.61. The molecule has 0 radical (unpaired) electrons. The number of thiocarbonyl (C=S) groups is 2. The molecule has 0 saturated heterocycles. The average molecular weight is 312 g/mol. The highest BCUT2D eigenvalue weighted by molar-refractivity contribution is 7.82. The van der Waals surface area contributed by atoms with E-state index in [0.29, 0.717) is 15.9 Å². The van der Waals surface area contributed by atoms with Crippen LogP contribution in [0.15, 0.2) is 24.3 Å². The van der Waals surface area contributed by atoms with E-state index >= 15 is 0 Å². The molecule has 0 aliphatic rings. The number of benzene rings is 1. The van der Waals surface area contributed by atoms with E-state index in [0.717, 1.165) is 13.1 Å². The van der Waals surface area contributed by atoms with Crippen molar-refractivity contribution in [1.29, 1.82) is 0 Å². The van der Waals surface area contributed by atoms with Gasteiger partial charge in [-0.1, -0.05) is 0 Å². The van der Waals surface area contributed by atoms with E-state index in [2.05, 4.69) is 10.6 Å². The molecule has 2 N–H and O–H groups in total. The molecule has 8 heteroatoms. The molecule has 1 aromatic carbocycles. The fourth-order valence-electron chi connectivity index (χ4n) is 1.52. The van der Waals surface area contributed by atoms with Crippen LogP contribution in [0.5, 0.6) is 0 Å². The lowest BCUT2D eigenvalue weighted by Crippen LogP contribution is -2.44. The van der Waals surface area contributed by atoms with E-state index in [4.69, 9.17) is 24.4 Å². The zero-order chi connectivity index (χ0) is 15.1. The van der Waals surface area contributed by atoms with Crippen molar-refractivity contribution in [2.24, 2.45) is 0 Å². The molecule has 0 spiro atoms. The Hall–Kier alpha value is -1.80. The van der Waals surface area contributed by atoms with Crippen molar-refractivity contribution in [3.8, 4) is 0 Å². The summed E-state index contributed by atoms with van der Waals surface area (Å²) in [6, 6.07) is 6.00. The van der Waals surface area contributed by atoms with Gasteiger partial charge >= 0.3 is 0 Å². The Balaban J connectivity index is 2.58. The zero-order valence-electron chi connectivity index (χ0n) is 11.3. The minimum absolute atomic E-state index is 0.0353. The maximum absolute atomic E-state index is 10.5. The molecule has 0 atom stereocenters. The summed E-state index contributed by atoms with van der Waals surface area (Å²) in [6.07, 6.45) is 0. The van der Waals surface area contributed by atoms with Gasteiger partial charge in [0.05, 0.1) is 4.92 Å². The molecule has 0 fully saturated rings. The number of anilines is 1. The molecule has 0 aromatic heterocycles. The van der Waals surface area contributed by atoms with Gasteiger partial charge in [0, 0.05) is 30.9 Å². The third kappa shape index (κ3) is 4.71. The summed E-state index contributed by atoms with van der Waals surface area (Å²) in [4.78, 5) is 12.1. The molecule has 0 saturated carbocycles. The summed E-state index contributed by atoms with van der Waals surface area (Å²) in [7, 11) is 0. The maximum Gasteiger partial charge on any atom is 0.269 e. The van der Waals surface area contributed by atoms with E-state index in [1.165, 1.54) is 12.1 Å². The highest BCUT2D eigenvalue weighted by atomic mass is 32.1. The quantitative estimate of drug-likeness (QED) is 0.503. The second-order valence-corrected chi connectivity index (χ2v) is 4.66. The summed E-state index contributed by atoms with van der Waals surface area (Å²) in [5.41, 5.74) is 0.698. The van der Waals surface area contributed by atoms with Gasteiger partial charge in [0.2, 0.25) is 0 Å². The van der Waals surface area contributed by atoms with Crippen molar-refractivity contribution in [3.63, 3.8) is 0 Å². The zero-order valence-corrected chi connectivity index (χ0v) is 12.9. The normalized spacial score (nSPS) is 9.70. The van der Waals surface area contributed by atoms with Crippen molar-refractivity contribution in [2.75, 3.05) is 18.4 Å². The van der Waals surface area contributed by atoms with Gasteiger partial charge in [-0.05, 0) is 50.4 Å². The first-order valence-electron chi connectivity index (χ1n) is 6.09. The van der Waals surface area contributed by atoms with Gasteiger partial charge < -0.3 is 15.5 Å². The van der Waals surface area contributed by atoms with Crippen LogP contribution >= 0.6 is 24.4 Å². The molecule has 1 aromatic rings. The Morgan fingerprint density at radius 1 is 1.25 bits per heavy atom. The van der Waals surface area contributed by atoms with Crippen LogP contribution in [0.2, 0.25) is 0 Å². The van der Waals surface area contributed by atoms with Gasteiger partial charge in [-0.15, -0.1) is 0 Å². The number of nitrogens with one attached hydrogen (secondary N) is 2. The van der Waals surface area contributed by atoms with Crippen LogP contribution in [0.25, 0.3) is 0 Å². The molecule has 108 valence electrons. The lowest BCUT2D eigenvalue weighted by atomic mass is 10.3. The van der Waals surface area contributed by atoms with Crippen molar-refractivity contribution in [1.82, 2.24) is 10.2 Å². The largest absolute Gasteiger partial charge is 0.350 e. The van der Waals surface area contributed by atoms with Crippen LogP contribution in [0.1, 0.15) is 13.8 Å². The van der Waals surface area contributed by atoms with Crippen LogP contribution in [-0.4, -0.2) is 33.1 Å². The summed E-state index contributed by atoms with van der Waals surface area (Å²) < 4.78 is 0. The van der Waals surface area contributed by atoms with E-state index in [1.807, 2.05) is 18.7 Å². The molecule has 20 heavy (non-hydrogen) atoms. The van der Waals surface area contributed by atoms with Gasteiger partial charge in [0.15, 0.2) is 10.2 Å². The van der Waals surface area contributed by atoms with Gasteiger partial charge in [0.25, 0.3) is 5.69 Å². The van der Waals surface area contributed by atoms with Gasteiger partial charge in [-0.2, -0.15) is 0 Å². The Kier molecular flexibility index (Phi) is 6.26. The molecule has 0 unspecified atom stereocenters. The number of rotatable bonds is 4. The molecular formula is C12H16N4O2S2. The van der Waals surface area contributed by atoms with Crippen LogP contribution in [0.3, 0.4) is 0 Å². The summed E-state index contributed by atoms with van der Waals surface area (Å²) in [5, 5.41) is 17.3. The molecule has 0 heterocycles. The van der Waals surface area contributed by atoms with Crippen LogP contribution in [0.4, 0.5) is 11.4 Å². The highest BCUT2D eigenvalue weighted by Gasteiger charge is 2.08. The summed E-state index contributed by atoms with van der Waals surface area (Å²) in [5.74, 6) is 0. The fourth-order valence-corrected chi connectivity index (χ4v) is 2.16. The van der Waals surface area contributed by atoms with Crippen LogP contribution in [0, 0.1) is 10.1 Å². The standard InChI is InChI=1S/C12H16N4O2S2/c1-3-15(4-2)12(20)14-11(19)13-9-5-7-10(8-6-9)16(17)18/h5-8H,3-4H2,1-2H3,(H2,13,14,19,20). The Morgan fingerprint density at radius 2 is 1.80 bits per heavy atom. The number of hydrogen-bond acceptors (Lipinski definition) is 4. The van der Waals surface area contributed by atoms with Gasteiger partial charge in [-0.3, -0.25) is 10.1 Å². The van der Waals surface area contributed by atoms with Crippen LogP contribution < -0.4 is 10.6 Å². The first kappa shape index (κ1) is 16.3. The number of nitrogens with zero attached hydrogens (tertiary/aromatic N) is 2. The second kappa shape index (κ2) is 7.71. The number of non-ortho nitro benzene ring substituents is 1. The molecule has 1 rings (SSSR count). The summed E-state index contributed by atoms with van der Waals surface area (Å²) in [6.45, 7) is 5.60. The Morgan fingerprint density at radius 3 is 2.25 bits per heavy atom. The van der Waals surface area contributed by atoms with E-state index < -0.39 is 4.92 Å². The van der Waals surface area contributed by atoms with Crippen molar-refractivity contribution in [3.05, 3.63) is 34.4 Å². The first-order chi connectivity index (χ1) is 9.47. The minimum Gasteiger partial charge on any atom is -0.350 e. The van der Waals surface area contributed by atoms with E-state index in [9.17, 15) is 10.1 Å². The SMILES string of the molecule is CCN(CC)C(=S)NC(=S)Nc1ccc([N+](=O)[O-])cc1.